The Hall–Kier alpha value is -2.19. The van der Waals surface area contributed by atoms with Crippen molar-refractivity contribution in [3.05, 3.63) is 18.2 Å². The van der Waals surface area contributed by atoms with Crippen LogP contribution in [0, 0.1) is 0 Å². The lowest BCUT2D eigenvalue weighted by molar-refractivity contribution is 0.0824. The van der Waals surface area contributed by atoms with Gasteiger partial charge in [-0.1, -0.05) is 0 Å². The quantitative estimate of drug-likeness (QED) is 0.311. The van der Waals surface area contributed by atoms with Crippen LogP contribution >= 0.6 is 0 Å². The van der Waals surface area contributed by atoms with Gasteiger partial charge in [0, 0.05) is 69.2 Å². The van der Waals surface area contributed by atoms with Crippen molar-refractivity contribution >= 4 is 11.6 Å². The summed E-state index contributed by atoms with van der Waals surface area (Å²) < 4.78 is 10.8. The van der Waals surface area contributed by atoms with Gasteiger partial charge in [0.2, 0.25) is 0 Å². The summed E-state index contributed by atoms with van der Waals surface area (Å²) in [5.74, 6) is 2.51. The number of nitrogens with one attached hydrogen (secondary N) is 2. The zero-order valence-corrected chi connectivity index (χ0v) is 19.3. The predicted molar refractivity (Wildman–Crippen MR) is 126 cm³/mol. The van der Waals surface area contributed by atoms with Gasteiger partial charge >= 0.3 is 0 Å². The van der Waals surface area contributed by atoms with E-state index in [0.717, 1.165) is 94.6 Å². The number of hydrogen-bond acceptors (Lipinski definition) is 6. The number of hydrogen-bond donors (Lipinski definition) is 3. The fraction of sp³-hybridized carbons (Fsp3) is 0.696. The Bertz CT molecular complexity index is 684. The van der Waals surface area contributed by atoms with Crippen LogP contribution in [0.1, 0.15) is 32.6 Å². The van der Waals surface area contributed by atoms with Crippen LogP contribution in [0.25, 0.3) is 0 Å². The van der Waals surface area contributed by atoms with E-state index < -0.39 is 0 Å². The summed E-state index contributed by atoms with van der Waals surface area (Å²) in [5, 5.41) is 16.6. The molecule has 0 aliphatic carbocycles. The third-order valence-corrected chi connectivity index (χ3v) is 6.03. The van der Waals surface area contributed by atoms with E-state index in [9.17, 15) is 5.11 Å². The van der Waals surface area contributed by atoms with Crippen LogP contribution in [-0.4, -0.2) is 88.1 Å². The summed E-state index contributed by atoms with van der Waals surface area (Å²) in [7, 11) is 3.36. The molecule has 2 aliphatic heterocycles. The minimum atomic E-state index is -0.108. The lowest BCUT2D eigenvalue weighted by atomic mass is 10.1. The van der Waals surface area contributed by atoms with Gasteiger partial charge in [0.1, 0.15) is 11.5 Å². The molecule has 31 heavy (non-hydrogen) atoms. The first-order valence-electron chi connectivity index (χ1n) is 11.5. The average molecular weight is 434 g/mol. The number of aliphatic imine (C=N–C) groups is 1. The number of guanidine groups is 1. The van der Waals surface area contributed by atoms with Gasteiger partial charge in [0.05, 0.1) is 20.3 Å². The minimum absolute atomic E-state index is 0.108. The van der Waals surface area contributed by atoms with E-state index in [-0.39, 0.29) is 6.10 Å². The predicted octanol–water partition coefficient (Wildman–Crippen LogP) is 1.68. The molecule has 8 heteroatoms. The van der Waals surface area contributed by atoms with Gasteiger partial charge in [-0.3, -0.25) is 4.99 Å². The molecule has 0 amide bonds. The zero-order valence-electron chi connectivity index (χ0n) is 19.3. The number of likely N-dealkylation sites (tertiary alicyclic amines) is 1. The van der Waals surface area contributed by atoms with Crippen molar-refractivity contribution in [2.24, 2.45) is 4.99 Å². The maximum absolute atomic E-state index is 9.63. The highest BCUT2D eigenvalue weighted by molar-refractivity contribution is 5.80. The van der Waals surface area contributed by atoms with Crippen LogP contribution in [0.2, 0.25) is 0 Å². The number of methoxy groups -OCH3 is 2. The van der Waals surface area contributed by atoms with Gasteiger partial charge < -0.3 is 35.0 Å². The first-order chi connectivity index (χ1) is 15.1. The summed E-state index contributed by atoms with van der Waals surface area (Å²) >= 11 is 0. The molecular formula is C23H39N5O3. The molecule has 0 bridgehead atoms. The molecule has 0 aromatic heterocycles. The molecule has 2 aliphatic rings. The monoisotopic (exact) mass is 433 g/mol. The van der Waals surface area contributed by atoms with E-state index in [2.05, 4.69) is 39.5 Å². The highest BCUT2D eigenvalue weighted by Crippen LogP contribution is 2.30. The lowest BCUT2D eigenvalue weighted by Crippen LogP contribution is -2.44. The van der Waals surface area contributed by atoms with Crippen molar-refractivity contribution in [1.82, 2.24) is 15.5 Å². The Morgan fingerprint density at radius 3 is 2.45 bits per heavy atom. The van der Waals surface area contributed by atoms with E-state index in [0.29, 0.717) is 6.04 Å². The van der Waals surface area contributed by atoms with E-state index in [1.54, 1.807) is 14.2 Å². The van der Waals surface area contributed by atoms with Crippen LogP contribution in [-0.2, 0) is 0 Å². The second kappa shape index (κ2) is 12.0. The van der Waals surface area contributed by atoms with Crippen molar-refractivity contribution < 1.29 is 14.6 Å². The zero-order chi connectivity index (χ0) is 22.1. The Morgan fingerprint density at radius 2 is 1.81 bits per heavy atom. The van der Waals surface area contributed by atoms with Gasteiger partial charge in [0.25, 0.3) is 0 Å². The van der Waals surface area contributed by atoms with Crippen molar-refractivity contribution in [2.45, 2.75) is 44.8 Å². The molecule has 2 heterocycles. The third-order valence-electron chi connectivity index (χ3n) is 6.03. The van der Waals surface area contributed by atoms with E-state index >= 15 is 0 Å². The summed E-state index contributed by atoms with van der Waals surface area (Å²) in [6.07, 6.45) is 3.77. The molecule has 8 nitrogen and oxygen atoms in total. The number of anilines is 1. The normalized spacial score (nSPS) is 20.7. The number of aliphatic hydroxyl groups excluding tert-OH is 1. The Balaban J connectivity index is 1.48. The van der Waals surface area contributed by atoms with Gasteiger partial charge in [-0.05, 0) is 39.2 Å². The second-order valence-corrected chi connectivity index (χ2v) is 8.33. The maximum atomic E-state index is 9.63. The fourth-order valence-electron chi connectivity index (χ4n) is 4.23. The van der Waals surface area contributed by atoms with Crippen molar-refractivity contribution in [3.63, 3.8) is 0 Å². The third kappa shape index (κ3) is 7.18. The highest BCUT2D eigenvalue weighted by Gasteiger charge is 2.24. The van der Waals surface area contributed by atoms with Crippen molar-refractivity contribution in [2.75, 3.05) is 64.9 Å². The first-order valence-corrected chi connectivity index (χ1v) is 11.5. The van der Waals surface area contributed by atoms with E-state index in [1.165, 1.54) is 0 Å². The van der Waals surface area contributed by atoms with Crippen molar-refractivity contribution in [1.29, 1.82) is 0 Å². The SMILES string of the molecule is CCNC(=NCCCN1CCC(O)CC1)NC1CCN(c2cc(OC)cc(OC)c2)C1. The molecule has 1 unspecified atom stereocenters. The lowest BCUT2D eigenvalue weighted by Gasteiger charge is -2.29. The van der Waals surface area contributed by atoms with Gasteiger partial charge in [0.15, 0.2) is 5.96 Å². The van der Waals surface area contributed by atoms with Gasteiger partial charge in [-0.15, -0.1) is 0 Å². The van der Waals surface area contributed by atoms with E-state index in [4.69, 9.17) is 14.5 Å². The molecule has 1 atom stereocenters. The number of ether oxygens (including phenoxy) is 2. The van der Waals surface area contributed by atoms with Crippen LogP contribution in [0.5, 0.6) is 11.5 Å². The molecular weight excluding hydrogens is 394 g/mol. The minimum Gasteiger partial charge on any atom is -0.497 e. The van der Waals surface area contributed by atoms with Gasteiger partial charge in [-0.25, -0.2) is 0 Å². The Morgan fingerprint density at radius 1 is 1.10 bits per heavy atom. The van der Waals surface area contributed by atoms with Crippen LogP contribution in [0.3, 0.4) is 0 Å². The number of piperidine rings is 1. The molecule has 1 aromatic carbocycles. The fourth-order valence-corrected chi connectivity index (χ4v) is 4.23. The number of nitrogens with zero attached hydrogens (tertiary/aromatic N) is 3. The molecule has 0 radical (unpaired) electrons. The second-order valence-electron chi connectivity index (χ2n) is 8.33. The molecule has 0 spiro atoms. The number of benzene rings is 1. The van der Waals surface area contributed by atoms with Gasteiger partial charge in [-0.2, -0.15) is 0 Å². The maximum Gasteiger partial charge on any atom is 0.191 e. The Kier molecular flexibility index (Phi) is 9.09. The molecule has 1 aromatic rings. The van der Waals surface area contributed by atoms with Crippen LogP contribution in [0.4, 0.5) is 5.69 Å². The topological polar surface area (TPSA) is 81.6 Å². The molecule has 174 valence electrons. The van der Waals surface area contributed by atoms with Crippen LogP contribution in [0.15, 0.2) is 23.2 Å². The first kappa shape index (κ1) is 23.5. The average Bonchev–Trinajstić information content (AvgIpc) is 3.26. The highest BCUT2D eigenvalue weighted by atomic mass is 16.5. The summed E-state index contributed by atoms with van der Waals surface area (Å²) in [6, 6.07) is 6.36. The number of aliphatic hydroxyl groups is 1. The smallest absolute Gasteiger partial charge is 0.191 e. The standard InChI is InChI=1S/C23H39N5O3/c1-4-24-23(25-9-5-10-27-11-7-20(29)8-12-27)26-18-6-13-28(17-18)19-14-21(30-2)16-22(15-19)31-3/h14-16,18,20,29H,4-13,17H2,1-3H3,(H2,24,25,26). The molecule has 0 saturated carbocycles. The summed E-state index contributed by atoms with van der Waals surface area (Å²) in [4.78, 5) is 9.58. The summed E-state index contributed by atoms with van der Waals surface area (Å²) in [6.45, 7) is 8.68. The van der Waals surface area contributed by atoms with Crippen LogP contribution < -0.4 is 25.0 Å². The molecule has 2 fully saturated rings. The largest absolute Gasteiger partial charge is 0.497 e. The number of rotatable bonds is 9. The molecule has 2 saturated heterocycles. The van der Waals surface area contributed by atoms with Crippen molar-refractivity contribution in [3.8, 4) is 11.5 Å². The summed E-state index contributed by atoms with van der Waals surface area (Å²) in [5.41, 5.74) is 1.12. The Labute approximate surface area is 186 Å². The van der Waals surface area contributed by atoms with E-state index in [1.807, 2.05) is 6.07 Å². The molecule has 3 N–H and O–H groups in total. The molecule has 3 rings (SSSR count).